The fraction of sp³-hybridized carbons (Fsp3) is 0.391. The minimum Gasteiger partial charge on any atom is -0.454 e. The lowest BCUT2D eigenvalue weighted by molar-refractivity contribution is -0.119. The number of amides is 2. The summed E-state index contributed by atoms with van der Waals surface area (Å²) in [7, 11) is -3.66. The quantitative estimate of drug-likeness (QED) is 0.669. The van der Waals surface area contributed by atoms with Crippen molar-refractivity contribution in [2.45, 2.75) is 13.5 Å². The van der Waals surface area contributed by atoms with E-state index in [1.54, 1.807) is 24.0 Å². The molecule has 3 heterocycles. The molecule has 3 aliphatic heterocycles. The maximum absolute atomic E-state index is 12.9. The summed E-state index contributed by atoms with van der Waals surface area (Å²) in [5, 5.41) is 0. The summed E-state index contributed by atoms with van der Waals surface area (Å²) < 4.78 is 36.2. The first-order chi connectivity index (χ1) is 15.8. The van der Waals surface area contributed by atoms with E-state index < -0.39 is 21.8 Å². The van der Waals surface area contributed by atoms with Gasteiger partial charge in [0.2, 0.25) is 22.7 Å². The van der Waals surface area contributed by atoms with Crippen LogP contribution >= 0.6 is 0 Å². The van der Waals surface area contributed by atoms with E-state index in [-0.39, 0.29) is 24.1 Å². The Morgan fingerprint density at radius 3 is 2.36 bits per heavy atom. The van der Waals surface area contributed by atoms with E-state index in [4.69, 9.17) is 9.47 Å². The van der Waals surface area contributed by atoms with Gasteiger partial charge in [-0.2, -0.15) is 0 Å². The van der Waals surface area contributed by atoms with E-state index in [2.05, 4.69) is 4.90 Å². The van der Waals surface area contributed by atoms with E-state index in [9.17, 15) is 18.0 Å². The van der Waals surface area contributed by atoms with Crippen molar-refractivity contribution < 1.29 is 27.5 Å². The number of nitrogens with zero attached hydrogens (tertiary/aromatic N) is 3. The van der Waals surface area contributed by atoms with Crippen molar-refractivity contribution in [2.24, 2.45) is 5.92 Å². The lowest BCUT2D eigenvalue weighted by atomic mass is 10.1. The van der Waals surface area contributed by atoms with Gasteiger partial charge in [0.25, 0.3) is 5.91 Å². The SMILES string of the molecule is C[C@H]1CS(=O)(=O)N(c2ccc(C(=O)N3CCN(Cc4ccc5c(c4)OCO5)CC3)cc2)C1=O. The second-order valence-electron chi connectivity index (χ2n) is 8.59. The maximum Gasteiger partial charge on any atom is 0.253 e. The van der Waals surface area contributed by atoms with Gasteiger partial charge in [-0.05, 0) is 42.0 Å². The molecule has 33 heavy (non-hydrogen) atoms. The number of anilines is 1. The largest absolute Gasteiger partial charge is 0.454 e. The van der Waals surface area contributed by atoms with Crippen LogP contribution in [0.3, 0.4) is 0 Å². The number of benzene rings is 2. The van der Waals surface area contributed by atoms with Gasteiger partial charge in [-0.25, -0.2) is 12.7 Å². The highest BCUT2D eigenvalue weighted by atomic mass is 32.2. The molecule has 9 nitrogen and oxygen atoms in total. The van der Waals surface area contributed by atoms with Crippen LogP contribution < -0.4 is 13.8 Å². The summed E-state index contributed by atoms with van der Waals surface area (Å²) in [5.41, 5.74) is 1.88. The monoisotopic (exact) mass is 471 g/mol. The molecule has 0 aromatic heterocycles. The van der Waals surface area contributed by atoms with E-state index in [1.165, 1.54) is 12.1 Å². The van der Waals surface area contributed by atoms with Gasteiger partial charge in [0.1, 0.15) is 0 Å². The topological polar surface area (TPSA) is 96.5 Å². The summed E-state index contributed by atoms with van der Waals surface area (Å²) in [6, 6.07) is 12.2. The van der Waals surface area contributed by atoms with Gasteiger partial charge < -0.3 is 14.4 Å². The van der Waals surface area contributed by atoms with E-state index in [0.717, 1.165) is 41.0 Å². The van der Waals surface area contributed by atoms with Crippen LogP contribution in [-0.2, 0) is 21.4 Å². The molecule has 3 aliphatic rings. The molecule has 0 N–H and O–H groups in total. The van der Waals surface area contributed by atoms with Crippen molar-refractivity contribution in [1.82, 2.24) is 9.80 Å². The van der Waals surface area contributed by atoms with E-state index >= 15 is 0 Å². The smallest absolute Gasteiger partial charge is 0.253 e. The number of carbonyl (C=O) groups is 2. The Bertz CT molecular complexity index is 1190. The summed E-state index contributed by atoms with van der Waals surface area (Å²) >= 11 is 0. The zero-order chi connectivity index (χ0) is 23.2. The zero-order valence-corrected chi connectivity index (χ0v) is 19.1. The average molecular weight is 472 g/mol. The fourth-order valence-corrected chi connectivity index (χ4v) is 6.24. The van der Waals surface area contributed by atoms with Gasteiger partial charge >= 0.3 is 0 Å². The highest BCUT2D eigenvalue weighted by molar-refractivity contribution is 7.94. The van der Waals surface area contributed by atoms with Crippen LogP contribution in [0.25, 0.3) is 0 Å². The van der Waals surface area contributed by atoms with E-state index in [1.807, 2.05) is 18.2 Å². The first kappa shape index (κ1) is 21.7. The highest BCUT2D eigenvalue weighted by Crippen LogP contribution is 2.33. The van der Waals surface area contributed by atoms with Gasteiger partial charge in [0.15, 0.2) is 11.5 Å². The molecule has 2 fully saturated rings. The number of hydrogen-bond acceptors (Lipinski definition) is 7. The minimum absolute atomic E-state index is 0.103. The lowest BCUT2D eigenvalue weighted by Gasteiger charge is -2.34. The number of fused-ring (bicyclic) bond motifs is 1. The molecular weight excluding hydrogens is 446 g/mol. The van der Waals surface area contributed by atoms with Gasteiger partial charge in [0.05, 0.1) is 17.4 Å². The minimum atomic E-state index is -3.66. The van der Waals surface area contributed by atoms with Crippen LogP contribution in [0.5, 0.6) is 11.5 Å². The number of rotatable bonds is 4. The Morgan fingerprint density at radius 1 is 1.00 bits per heavy atom. The molecule has 1 atom stereocenters. The van der Waals surface area contributed by atoms with Gasteiger partial charge in [0, 0.05) is 38.3 Å². The molecule has 0 spiro atoms. The molecule has 2 saturated heterocycles. The number of ether oxygens (including phenoxy) is 2. The Hall–Kier alpha value is -3.11. The maximum atomic E-state index is 12.9. The normalized spacial score (nSPS) is 22.1. The van der Waals surface area contributed by atoms with Crippen molar-refractivity contribution >= 4 is 27.5 Å². The van der Waals surface area contributed by atoms with Crippen LogP contribution in [0, 0.1) is 5.92 Å². The van der Waals surface area contributed by atoms with Gasteiger partial charge in [-0.1, -0.05) is 13.0 Å². The predicted octanol–water partition coefficient (Wildman–Crippen LogP) is 1.69. The molecular formula is C23H25N3O6S. The molecule has 2 amide bonds. The predicted molar refractivity (Wildman–Crippen MR) is 121 cm³/mol. The number of piperazine rings is 1. The van der Waals surface area contributed by atoms with Crippen molar-refractivity contribution in [3.8, 4) is 11.5 Å². The highest BCUT2D eigenvalue weighted by Gasteiger charge is 2.42. The average Bonchev–Trinajstić information content (AvgIpc) is 3.34. The second-order valence-corrected chi connectivity index (χ2v) is 10.4. The molecule has 174 valence electrons. The molecule has 0 saturated carbocycles. The van der Waals surface area contributed by atoms with Crippen molar-refractivity contribution in [2.75, 3.05) is 43.0 Å². The first-order valence-electron chi connectivity index (χ1n) is 10.9. The van der Waals surface area contributed by atoms with Crippen LogP contribution in [-0.4, -0.2) is 68.8 Å². The third-order valence-electron chi connectivity index (χ3n) is 6.21. The Labute approximate surface area is 192 Å². The summed E-state index contributed by atoms with van der Waals surface area (Å²) in [5.74, 6) is 0.235. The molecule has 0 unspecified atom stereocenters. The molecule has 5 rings (SSSR count). The fourth-order valence-electron chi connectivity index (χ4n) is 4.42. The molecule has 0 radical (unpaired) electrons. The molecule has 10 heteroatoms. The Morgan fingerprint density at radius 2 is 1.70 bits per heavy atom. The van der Waals surface area contributed by atoms with Crippen LogP contribution in [0.1, 0.15) is 22.8 Å². The molecule has 2 aromatic rings. The van der Waals surface area contributed by atoms with Crippen molar-refractivity contribution in [3.05, 3.63) is 53.6 Å². The molecule has 0 bridgehead atoms. The Balaban J connectivity index is 1.19. The van der Waals surface area contributed by atoms with Crippen molar-refractivity contribution in [1.29, 1.82) is 0 Å². The number of hydrogen-bond donors (Lipinski definition) is 0. The van der Waals surface area contributed by atoms with Crippen LogP contribution in [0.15, 0.2) is 42.5 Å². The second kappa shape index (κ2) is 8.35. The third-order valence-corrected chi connectivity index (χ3v) is 8.08. The summed E-state index contributed by atoms with van der Waals surface area (Å²) in [6.45, 7) is 5.31. The number of carbonyl (C=O) groups excluding carboxylic acids is 2. The molecule has 2 aromatic carbocycles. The van der Waals surface area contributed by atoms with Gasteiger partial charge in [-0.15, -0.1) is 0 Å². The lowest BCUT2D eigenvalue weighted by Crippen LogP contribution is -2.48. The van der Waals surface area contributed by atoms with Crippen LogP contribution in [0.2, 0.25) is 0 Å². The molecule has 0 aliphatic carbocycles. The standard InChI is InChI=1S/C23H25N3O6S/c1-16-14-33(29,30)26(22(16)27)19-5-3-18(4-6-19)23(28)25-10-8-24(9-11-25)13-17-2-7-20-21(12-17)32-15-31-20/h2-7,12,16H,8-11,13-15H2,1H3/t16-/m0/s1. The third kappa shape index (κ3) is 4.16. The number of sulfonamides is 1. The first-order valence-corrected chi connectivity index (χ1v) is 12.5. The van der Waals surface area contributed by atoms with E-state index in [0.29, 0.717) is 18.7 Å². The summed E-state index contributed by atoms with van der Waals surface area (Å²) in [4.78, 5) is 29.3. The zero-order valence-electron chi connectivity index (χ0n) is 18.3. The van der Waals surface area contributed by atoms with Crippen molar-refractivity contribution in [3.63, 3.8) is 0 Å². The van der Waals surface area contributed by atoms with Gasteiger partial charge in [-0.3, -0.25) is 14.5 Å². The summed E-state index contributed by atoms with van der Waals surface area (Å²) in [6.07, 6.45) is 0. The Kier molecular flexibility index (Phi) is 5.49. The van der Waals surface area contributed by atoms with Crippen LogP contribution in [0.4, 0.5) is 5.69 Å².